The molecular formula is C21H20FN7O2. The summed E-state index contributed by atoms with van der Waals surface area (Å²) in [4.78, 5) is 32.6. The molecule has 0 saturated heterocycles. The van der Waals surface area contributed by atoms with Gasteiger partial charge >= 0.3 is 0 Å². The first kappa shape index (κ1) is 19.2. The van der Waals surface area contributed by atoms with E-state index in [2.05, 4.69) is 25.5 Å². The maximum absolute atomic E-state index is 13.3. The van der Waals surface area contributed by atoms with Gasteiger partial charge in [-0.15, -0.1) is 0 Å². The molecular weight excluding hydrogens is 401 g/mol. The zero-order chi connectivity index (χ0) is 21.5. The molecule has 31 heavy (non-hydrogen) atoms. The smallest absolute Gasteiger partial charge is 0.263 e. The maximum atomic E-state index is 13.3. The minimum absolute atomic E-state index is 0.0157. The van der Waals surface area contributed by atoms with Gasteiger partial charge in [0.1, 0.15) is 17.0 Å². The van der Waals surface area contributed by atoms with Gasteiger partial charge in [0, 0.05) is 12.0 Å². The van der Waals surface area contributed by atoms with Crippen LogP contribution in [-0.2, 0) is 4.79 Å². The van der Waals surface area contributed by atoms with Gasteiger partial charge in [-0.25, -0.2) is 9.07 Å². The largest absolute Gasteiger partial charge is 0.310 e. The first-order valence-electron chi connectivity index (χ1n) is 10.1. The normalized spacial score (nSPS) is 14.4. The van der Waals surface area contributed by atoms with Gasteiger partial charge in [0.25, 0.3) is 5.56 Å². The van der Waals surface area contributed by atoms with Crippen LogP contribution in [0.2, 0.25) is 0 Å². The van der Waals surface area contributed by atoms with Gasteiger partial charge in [0.2, 0.25) is 11.9 Å². The zero-order valence-electron chi connectivity index (χ0n) is 16.8. The van der Waals surface area contributed by atoms with E-state index < -0.39 is 5.56 Å². The summed E-state index contributed by atoms with van der Waals surface area (Å²) in [6, 6.07) is 7.45. The van der Waals surface area contributed by atoms with E-state index in [4.69, 9.17) is 0 Å². The van der Waals surface area contributed by atoms with Crippen molar-refractivity contribution in [2.24, 2.45) is 5.92 Å². The number of carbonyl (C=O) groups excluding carboxylic acids is 1. The quantitative estimate of drug-likeness (QED) is 0.526. The molecule has 1 amide bonds. The lowest BCUT2D eigenvalue weighted by Crippen LogP contribution is -2.23. The Morgan fingerprint density at radius 1 is 1.19 bits per heavy atom. The van der Waals surface area contributed by atoms with E-state index in [1.165, 1.54) is 27.7 Å². The molecule has 1 fully saturated rings. The van der Waals surface area contributed by atoms with Crippen molar-refractivity contribution < 1.29 is 9.18 Å². The summed E-state index contributed by atoms with van der Waals surface area (Å²) in [6.45, 7) is 1.79. The van der Waals surface area contributed by atoms with Crippen molar-refractivity contribution >= 4 is 22.8 Å². The standard InChI is InChI=1S/C21H20FN7O2/c1-12-10-17(24-19(30)13-4-2-3-5-13)29(27-12)21-25-18-16(20(31)26-21)11-23-28(18)15-8-6-14(22)7-9-15/h6-11,13H,2-5H2,1H3,(H,24,30)(H,25,26,31). The Morgan fingerprint density at radius 2 is 1.94 bits per heavy atom. The Bertz CT molecular complexity index is 1330. The first-order chi connectivity index (χ1) is 15.0. The number of H-pyrrole nitrogens is 1. The van der Waals surface area contributed by atoms with Crippen LogP contribution in [0.3, 0.4) is 0 Å². The molecule has 4 aromatic rings. The molecule has 9 nitrogen and oxygen atoms in total. The maximum Gasteiger partial charge on any atom is 0.263 e. The summed E-state index contributed by atoms with van der Waals surface area (Å²) in [6.07, 6.45) is 5.25. The summed E-state index contributed by atoms with van der Waals surface area (Å²) in [5, 5.41) is 11.8. The summed E-state index contributed by atoms with van der Waals surface area (Å²) < 4.78 is 16.2. The first-order valence-corrected chi connectivity index (χ1v) is 10.1. The Kier molecular flexibility index (Phi) is 4.61. The number of carbonyl (C=O) groups is 1. The number of aromatic nitrogens is 6. The van der Waals surface area contributed by atoms with Gasteiger partial charge in [-0.3, -0.25) is 14.6 Å². The third-order valence-electron chi connectivity index (χ3n) is 5.51. The second-order valence-corrected chi connectivity index (χ2v) is 7.71. The lowest BCUT2D eigenvalue weighted by Gasteiger charge is -2.11. The molecule has 1 aliphatic rings. The van der Waals surface area contributed by atoms with Gasteiger partial charge in [-0.1, -0.05) is 12.8 Å². The third-order valence-corrected chi connectivity index (χ3v) is 5.51. The number of halogens is 1. The van der Waals surface area contributed by atoms with Crippen LogP contribution in [0.25, 0.3) is 22.7 Å². The molecule has 0 unspecified atom stereocenters. The number of aromatic amines is 1. The molecule has 3 heterocycles. The van der Waals surface area contributed by atoms with Gasteiger partial charge in [-0.2, -0.15) is 19.9 Å². The molecule has 0 radical (unpaired) electrons. The van der Waals surface area contributed by atoms with Crippen LogP contribution in [0.1, 0.15) is 31.4 Å². The second kappa shape index (κ2) is 7.46. The van der Waals surface area contributed by atoms with Crippen LogP contribution in [-0.4, -0.2) is 35.4 Å². The van der Waals surface area contributed by atoms with Crippen LogP contribution < -0.4 is 10.9 Å². The molecule has 0 spiro atoms. The highest BCUT2D eigenvalue weighted by Crippen LogP contribution is 2.26. The Morgan fingerprint density at radius 3 is 2.68 bits per heavy atom. The predicted octanol–water partition coefficient (Wildman–Crippen LogP) is 2.87. The monoisotopic (exact) mass is 421 g/mol. The van der Waals surface area contributed by atoms with E-state index in [-0.39, 0.29) is 29.0 Å². The van der Waals surface area contributed by atoms with Crippen molar-refractivity contribution in [2.45, 2.75) is 32.6 Å². The highest BCUT2D eigenvalue weighted by molar-refractivity contribution is 5.92. The minimum Gasteiger partial charge on any atom is -0.310 e. The Balaban J connectivity index is 1.58. The fourth-order valence-corrected chi connectivity index (χ4v) is 3.94. The number of hydrogen-bond donors (Lipinski definition) is 2. The van der Waals surface area contributed by atoms with Crippen molar-refractivity contribution in [1.82, 2.24) is 29.5 Å². The predicted molar refractivity (Wildman–Crippen MR) is 112 cm³/mol. The average molecular weight is 421 g/mol. The number of nitrogens with zero attached hydrogens (tertiary/aromatic N) is 5. The van der Waals surface area contributed by atoms with Crippen molar-refractivity contribution in [1.29, 1.82) is 0 Å². The van der Waals surface area contributed by atoms with Crippen molar-refractivity contribution in [3.05, 3.63) is 58.4 Å². The van der Waals surface area contributed by atoms with E-state index in [9.17, 15) is 14.0 Å². The average Bonchev–Trinajstić information content (AvgIpc) is 3.48. The summed E-state index contributed by atoms with van der Waals surface area (Å²) >= 11 is 0. The van der Waals surface area contributed by atoms with E-state index in [1.807, 2.05) is 0 Å². The van der Waals surface area contributed by atoms with Gasteiger partial charge in [-0.05, 0) is 44.0 Å². The fourth-order valence-electron chi connectivity index (χ4n) is 3.94. The number of nitrogens with one attached hydrogen (secondary N) is 2. The highest BCUT2D eigenvalue weighted by atomic mass is 19.1. The van der Waals surface area contributed by atoms with E-state index in [0.29, 0.717) is 22.8 Å². The molecule has 5 rings (SSSR count). The molecule has 0 aliphatic heterocycles. The zero-order valence-corrected chi connectivity index (χ0v) is 16.8. The van der Waals surface area contributed by atoms with Crippen LogP contribution in [0.4, 0.5) is 10.2 Å². The number of amides is 1. The van der Waals surface area contributed by atoms with Gasteiger partial charge < -0.3 is 5.32 Å². The van der Waals surface area contributed by atoms with E-state index in [0.717, 1.165) is 25.7 Å². The van der Waals surface area contributed by atoms with E-state index >= 15 is 0 Å². The van der Waals surface area contributed by atoms with Gasteiger partial charge in [0.15, 0.2) is 5.65 Å². The van der Waals surface area contributed by atoms with Crippen molar-refractivity contribution in [2.75, 3.05) is 5.32 Å². The molecule has 1 aromatic carbocycles. The number of fused-ring (bicyclic) bond motifs is 1. The molecule has 2 N–H and O–H groups in total. The Labute approximate surface area is 175 Å². The van der Waals surface area contributed by atoms with Crippen molar-refractivity contribution in [3.8, 4) is 11.6 Å². The SMILES string of the molecule is Cc1cc(NC(=O)C2CCCC2)n(-c2nc3c(cnn3-c3ccc(F)cc3)c(=O)[nH]2)n1. The fraction of sp³-hybridized carbons (Fsp3) is 0.286. The van der Waals surface area contributed by atoms with Gasteiger partial charge in [0.05, 0.1) is 17.6 Å². The van der Waals surface area contributed by atoms with E-state index in [1.54, 1.807) is 25.1 Å². The molecule has 0 atom stereocenters. The number of benzene rings is 1. The minimum atomic E-state index is -0.394. The van der Waals surface area contributed by atoms with Crippen LogP contribution >= 0.6 is 0 Å². The number of anilines is 1. The topological polar surface area (TPSA) is 110 Å². The molecule has 10 heteroatoms. The molecule has 1 saturated carbocycles. The summed E-state index contributed by atoms with van der Waals surface area (Å²) in [5.74, 6) is 0.138. The molecule has 0 bridgehead atoms. The molecule has 158 valence electrons. The number of rotatable bonds is 4. The summed E-state index contributed by atoms with van der Waals surface area (Å²) in [7, 11) is 0. The second-order valence-electron chi connectivity index (χ2n) is 7.71. The molecule has 1 aliphatic carbocycles. The van der Waals surface area contributed by atoms with Crippen LogP contribution in [0.5, 0.6) is 0 Å². The lowest BCUT2D eigenvalue weighted by atomic mass is 10.1. The Hall–Kier alpha value is -3.82. The number of hydrogen-bond acceptors (Lipinski definition) is 5. The van der Waals surface area contributed by atoms with Crippen LogP contribution in [0.15, 0.2) is 41.3 Å². The molecule has 3 aromatic heterocycles. The lowest BCUT2D eigenvalue weighted by molar-refractivity contribution is -0.119. The van der Waals surface area contributed by atoms with Crippen molar-refractivity contribution in [3.63, 3.8) is 0 Å². The summed E-state index contributed by atoms with van der Waals surface area (Å²) in [5.41, 5.74) is 1.13. The highest BCUT2D eigenvalue weighted by Gasteiger charge is 2.24. The van der Waals surface area contributed by atoms with Crippen LogP contribution in [0, 0.1) is 18.7 Å². The number of aryl methyl sites for hydroxylation is 1. The third kappa shape index (κ3) is 3.49.